The number of ether oxygens (including phenoxy) is 2. The molecule has 0 unspecified atom stereocenters. The van der Waals surface area contributed by atoms with E-state index in [0.717, 1.165) is 30.2 Å². The second-order valence-corrected chi connectivity index (χ2v) is 6.43. The van der Waals surface area contributed by atoms with Crippen molar-refractivity contribution in [2.45, 2.75) is 25.7 Å². The number of amides is 1. The first kappa shape index (κ1) is 18.1. The van der Waals surface area contributed by atoms with Crippen LogP contribution in [-0.2, 0) is 4.79 Å². The molecular formula is C21H26N2O3. The molecule has 0 bridgehead atoms. The molecule has 0 atom stereocenters. The average Bonchev–Trinajstić information content (AvgIpc) is 2.96. The molecule has 1 heterocycles. The lowest BCUT2D eigenvalue weighted by Gasteiger charge is -2.25. The van der Waals surface area contributed by atoms with Gasteiger partial charge in [0.05, 0.1) is 18.5 Å². The Morgan fingerprint density at radius 2 is 1.62 bits per heavy atom. The van der Waals surface area contributed by atoms with Gasteiger partial charge in [-0.05, 0) is 49.2 Å². The maximum atomic E-state index is 12.3. The molecule has 5 heteroatoms. The van der Waals surface area contributed by atoms with E-state index in [1.54, 1.807) is 19.2 Å². The van der Waals surface area contributed by atoms with Crippen molar-refractivity contribution in [1.82, 2.24) is 0 Å². The number of benzene rings is 2. The standard InChI is InChI=1S/C21H26N2O3/c1-25-17-10-12-18(13-11-17)26-16-21(24)22-19-8-4-5-9-20(19)23-14-6-2-3-7-15-23/h4-5,8-13H,2-3,6-7,14-16H2,1H3,(H,22,24). The third-order valence-electron chi connectivity index (χ3n) is 4.55. The molecule has 138 valence electrons. The topological polar surface area (TPSA) is 50.8 Å². The van der Waals surface area contributed by atoms with Crippen molar-refractivity contribution in [2.75, 3.05) is 37.0 Å². The van der Waals surface area contributed by atoms with Crippen LogP contribution in [0.2, 0.25) is 0 Å². The zero-order chi connectivity index (χ0) is 18.2. The van der Waals surface area contributed by atoms with Gasteiger partial charge in [-0.15, -0.1) is 0 Å². The largest absolute Gasteiger partial charge is 0.497 e. The number of rotatable bonds is 6. The van der Waals surface area contributed by atoms with Crippen molar-refractivity contribution < 1.29 is 14.3 Å². The molecule has 1 N–H and O–H groups in total. The van der Waals surface area contributed by atoms with Crippen LogP contribution in [0.1, 0.15) is 25.7 Å². The molecule has 5 nitrogen and oxygen atoms in total. The van der Waals surface area contributed by atoms with Gasteiger partial charge in [-0.3, -0.25) is 4.79 Å². The van der Waals surface area contributed by atoms with E-state index in [9.17, 15) is 4.79 Å². The molecule has 0 radical (unpaired) electrons. The lowest BCUT2D eigenvalue weighted by atomic mass is 10.2. The van der Waals surface area contributed by atoms with E-state index < -0.39 is 0 Å². The van der Waals surface area contributed by atoms with Crippen LogP contribution in [-0.4, -0.2) is 32.7 Å². The SMILES string of the molecule is COc1ccc(OCC(=O)Nc2ccccc2N2CCCCCC2)cc1. The normalized spacial score (nSPS) is 14.4. The second kappa shape index (κ2) is 9.13. The quantitative estimate of drug-likeness (QED) is 0.849. The van der Waals surface area contributed by atoms with Gasteiger partial charge in [0.15, 0.2) is 6.61 Å². The summed E-state index contributed by atoms with van der Waals surface area (Å²) < 4.78 is 10.7. The van der Waals surface area contributed by atoms with Gasteiger partial charge in [0.25, 0.3) is 5.91 Å². The molecular weight excluding hydrogens is 328 g/mol. The van der Waals surface area contributed by atoms with E-state index in [1.165, 1.54) is 25.7 Å². The Morgan fingerprint density at radius 3 is 2.31 bits per heavy atom. The van der Waals surface area contributed by atoms with Crippen LogP contribution >= 0.6 is 0 Å². The first-order valence-electron chi connectivity index (χ1n) is 9.17. The van der Waals surface area contributed by atoms with Gasteiger partial charge < -0.3 is 19.7 Å². The predicted octanol–water partition coefficient (Wildman–Crippen LogP) is 4.09. The van der Waals surface area contributed by atoms with E-state index in [1.807, 2.05) is 30.3 Å². The number of nitrogens with one attached hydrogen (secondary N) is 1. The monoisotopic (exact) mass is 354 g/mol. The van der Waals surface area contributed by atoms with Crippen LogP contribution in [0, 0.1) is 0 Å². The lowest BCUT2D eigenvalue weighted by Crippen LogP contribution is -2.27. The van der Waals surface area contributed by atoms with Crippen LogP contribution < -0.4 is 19.7 Å². The number of carbonyl (C=O) groups is 1. The highest BCUT2D eigenvalue weighted by atomic mass is 16.5. The van der Waals surface area contributed by atoms with Gasteiger partial charge in [0.1, 0.15) is 11.5 Å². The maximum Gasteiger partial charge on any atom is 0.262 e. The Labute approximate surface area is 154 Å². The zero-order valence-electron chi connectivity index (χ0n) is 15.2. The van der Waals surface area contributed by atoms with Crippen molar-refractivity contribution in [3.05, 3.63) is 48.5 Å². The summed E-state index contributed by atoms with van der Waals surface area (Å²) in [4.78, 5) is 14.7. The predicted molar refractivity (Wildman–Crippen MR) is 104 cm³/mol. The van der Waals surface area contributed by atoms with Crippen LogP contribution in [0.25, 0.3) is 0 Å². The summed E-state index contributed by atoms with van der Waals surface area (Å²) in [5.74, 6) is 1.23. The van der Waals surface area contributed by atoms with Gasteiger partial charge in [-0.25, -0.2) is 0 Å². The molecule has 0 saturated carbocycles. The summed E-state index contributed by atoms with van der Waals surface area (Å²) in [6.45, 7) is 2.05. The second-order valence-electron chi connectivity index (χ2n) is 6.43. The van der Waals surface area contributed by atoms with Gasteiger partial charge in [0, 0.05) is 13.1 Å². The molecule has 0 spiro atoms. The minimum Gasteiger partial charge on any atom is -0.497 e. The molecule has 3 rings (SSSR count). The fourth-order valence-corrected chi connectivity index (χ4v) is 3.17. The molecule has 1 amide bonds. The number of methoxy groups -OCH3 is 1. The van der Waals surface area contributed by atoms with Crippen molar-refractivity contribution in [3.8, 4) is 11.5 Å². The molecule has 2 aromatic carbocycles. The molecule has 1 aliphatic heterocycles. The summed E-state index contributed by atoms with van der Waals surface area (Å²) >= 11 is 0. The van der Waals surface area contributed by atoms with Crippen LogP contribution in [0.15, 0.2) is 48.5 Å². The highest BCUT2D eigenvalue weighted by molar-refractivity contribution is 5.95. The van der Waals surface area contributed by atoms with Gasteiger partial charge in [-0.1, -0.05) is 25.0 Å². The lowest BCUT2D eigenvalue weighted by molar-refractivity contribution is -0.118. The smallest absolute Gasteiger partial charge is 0.262 e. The Kier molecular flexibility index (Phi) is 6.36. The third kappa shape index (κ3) is 4.91. The van der Waals surface area contributed by atoms with Crippen molar-refractivity contribution in [1.29, 1.82) is 0 Å². The zero-order valence-corrected chi connectivity index (χ0v) is 15.2. The molecule has 1 saturated heterocycles. The van der Waals surface area contributed by atoms with E-state index in [0.29, 0.717) is 5.75 Å². The minimum absolute atomic E-state index is 0.0271. The maximum absolute atomic E-state index is 12.3. The molecule has 2 aromatic rings. The van der Waals surface area contributed by atoms with Crippen molar-refractivity contribution in [3.63, 3.8) is 0 Å². The van der Waals surface area contributed by atoms with E-state index in [-0.39, 0.29) is 12.5 Å². The van der Waals surface area contributed by atoms with Gasteiger partial charge >= 0.3 is 0 Å². The first-order chi connectivity index (χ1) is 12.8. The van der Waals surface area contributed by atoms with Crippen molar-refractivity contribution in [2.24, 2.45) is 0 Å². The molecule has 1 aliphatic rings. The van der Waals surface area contributed by atoms with E-state index in [2.05, 4.69) is 16.3 Å². The molecule has 0 aromatic heterocycles. The molecule has 26 heavy (non-hydrogen) atoms. The highest BCUT2D eigenvalue weighted by Gasteiger charge is 2.15. The third-order valence-corrected chi connectivity index (χ3v) is 4.55. The first-order valence-corrected chi connectivity index (χ1v) is 9.17. The van der Waals surface area contributed by atoms with E-state index >= 15 is 0 Å². The number of para-hydroxylation sites is 2. The summed E-state index contributed by atoms with van der Waals surface area (Å²) in [6.07, 6.45) is 4.95. The number of hydrogen-bond acceptors (Lipinski definition) is 4. The summed E-state index contributed by atoms with van der Waals surface area (Å²) in [7, 11) is 1.62. The number of anilines is 2. The van der Waals surface area contributed by atoms with Crippen LogP contribution in [0.4, 0.5) is 11.4 Å². The number of carbonyl (C=O) groups excluding carboxylic acids is 1. The Balaban J connectivity index is 1.59. The Hall–Kier alpha value is -2.69. The summed E-state index contributed by atoms with van der Waals surface area (Å²) in [5.41, 5.74) is 1.94. The fourth-order valence-electron chi connectivity index (χ4n) is 3.17. The van der Waals surface area contributed by atoms with Crippen molar-refractivity contribution >= 4 is 17.3 Å². The summed E-state index contributed by atoms with van der Waals surface area (Å²) in [5, 5.41) is 2.99. The Morgan fingerprint density at radius 1 is 0.962 bits per heavy atom. The number of nitrogens with zero attached hydrogens (tertiary/aromatic N) is 1. The van der Waals surface area contributed by atoms with Crippen LogP contribution in [0.3, 0.4) is 0 Å². The molecule has 0 aliphatic carbocycles. The van der Waals surface area contributed by atoms with E-state index in [4.69, 9.17) is 9.47 Å². The minimum atomic E-state index is -0.164. The average molecular weight is 354 g/mol. The molecule has 1 fully saturated rings. The Bertz CT molecular complexity index is 707. The highest BCUT2D eigenvalue weighted by Crippen LogP contribution is 2.28. The van der Waals surface area contributed by atoms with Crippen LogP contribution in [0.5, 0.6) is 11.5 Å². The summed E-state index contributed by atoms with van der Waals surface area (Å²) in [6, 6.07) is 15.2. The fraction of sp³-hybridized carbons (Fsp3) is 0.381. The van der Waals surface area contributed by atoms with Gasteiger partial charge in [0.2, 0.25) is 0 Å². The van der Waals surface area contributed by atoms with Gasteiger partial charge in [-0.2, -0.15) is 0 Å². The number of hydrogen-bond donors (Lipinski definition) is 1.